The zero-order chi connectivity index (χ0) is 29.0. The SMILES string of the molecule is Cc1ccc(S(=O)(=O)N(CC(=O)N(Cc2cccc(C)c2)[C@H](C)C(=O)NC(C)(C)C)c2cccc(Br)c2)cc1. The third kappa shape index (κ3) is 8.16. The summed E-state index contributed by atoms with van der Waals surface area (Å²) in [5.41, 5.74) is 2.61. The Morgan fingerprint density at radius 2 is 1.56 bits per heavy atom. The second-order valence-electron chi connectivity index (χ2n) is 10.7. The van der Waals surface area contributed by atoms with Crippen LogP contribution in [0.1, 0.15) is 44.4 Å². The maximum Gasteiger partial charge on any atom is 0.264 e. The van der Waals surface area contributed by atoms with Crippen molar-refractivity contribution in [1.82, 2.24) is 10.2 Å². The summed E-state index contributed by atoms with van der Waals surface area (Å²) in [7, 11) is -4.11. The number of aryl methyl sites for hydroxylation is 2. The Morgan fingerprint density at radius 3 is 2.15 bits per heavy atom. The maximum atomic E-state index is 14.0. The number of amides is 2. The monoisotopic (exact) mass is 613 g/mol. The van der Waals surface area contributed by atoms with Crippen molar-refractivity contribution < 1.29 is 18.0 Å². The van der Waals surface area contributed by atoms with E-state index in [2.05, 4.69) is 21.2 Å². The summed E-state index contributed by atoms with van der Waals surface area (Å²) in [6, 6.07) is 20.1. The summed E-state index contributed by atoms with van der Waals surface area (Å²) in [6.45, 7) is 10.8. The Labute approximate surface area is 240 Å². The fourth-order valence-corrected chi connectivity index (χ4v) is 5.85. The zero-order valence-electron chi connectivity index (χ0n) is 23.2. The van der Waals surface area contributed by atoms with Crippen molar-refractivity contribution >= 4 is 43.5 Å². The van der Waals surface area contributed by atoms with E-state index >= 15 is 0 Å². The van der Waals surface area contributed by atoms with E-state index in [4.69, 9.17) is 0 Å². The third-order valence-electron chi connectivity index (χ3n) is 6.08. The summed E-state index contributed by atoms with van der Waals surface area (Å²) in [5.74, 6) is -0.817. The molecule has 0 aliphatic rings. The lowest BCUT2D eigenvalue weighted by atomic mass is 10.1. The molecular weight excluding hydrogens is 578 g/mol. The van der Waals surface area contributed by atoms with Crippen LogP contribution in [0.4, 0.5) is 5.69 Å². The van der Waals surface area contributed by atoms with Crippen LogP contribution in [-0.4, -0.2) is 43.3 Å². The van der Waals surface area contributed by atoms with E-state index in [0.717, 1.165) is 21.0 Å². The lowest BCUT2D eigenvalue weighted by molar-refractivity contribution is -0.140. The molecule has 0 bridgehead atoms. The predicted molar refractivity (Wildman–Crippen MR) is 159 cm³/mol. The number of sulfonamides is 1. The van der Waals surface area contributed by atoms with Gasteiger partial charge in [-0.1, -0.05) is 69.5 Å². The Morgan fingerprint density at radius 1 is 0.923 bits per heavy atom. The van der Waals surface area contributed by atoms with Crippen LogP contribution < -0.4 is 9.62 Å². The van der Waals surface area contributed by atoms with Crippen LogP contribution in [0.25, 0.3) is 0 Å². The van der Waals surface area contributed by atoms with Gasteiger partial charge >= 0.3 is 0 Å². The number of halogens is 1. The van der Waals surface area contributed by atoms with Gasteiger partial charge in [-0.3, -0.25) is 13.9 Å². The number of carbonyl (C=O) groups is 2. The molecule has 3 aromatic rings. The standard InChI is InChI=1S/C30H36BrN3O4S/c1-21-13-15-27(16-14-21)39(37,38)34(26-12-8-11-25(31)18-26)20-28(35)33(19-24-10-7-9-22(2)17-24)23(3)29(36)32-30(4,5)6/h7-18,23H,19-20H2,1-6H3,(H,32,36)/t23-/m1/s1. The van der Waals surface area contributed by atoms with Crippen LogP contribution in [0.3, 0.4) is 0 Å². The minimum atomic E-state index is -4.11. The second kappa shape index (κ2) is 12.3. The van der Waals surface area contributed by atoms with Crippen LogP contribution in [0.15, 0.2) is 82.2 Å². The van der Waals surface area contributed by atoms with Gasteiger partial charge in [-0.2, -0.15) is 0 Å². The highest BCUT2D eigenvalue weighted by molar-refractivity contribution is 9.10. The van der Waals surface area contributed by atoms with Gasteiger partial charge < -0.3 is 10.2 Å². The van der Waals surface area contributed by atoms with E-state index in [1.165, 1.54) is 17.0 Å². The number of hydrogen-bond acceptors (Lipinski definition) is 4. The first-order valence-electron chi connectivity index (χ1n) is 12.7. The van der Waals surface area contributed by atoms with Gasteiger partial charge in [0.1, 0.15) is 12.6 Å². The van der Waals surface area contributed by atoms with Gasteiger partial charge in [0, 0.05) is 16.6 Å². The molecule has 0 radical (unpaired) electrons. The molecule has 9 heteroatoms. The minimum absolute atomic E-state index is 0.0737. The average molecular weight is 615 g/mol. The summed E-state index contributed by atoms with van der Waals surface area (Å²) in [4.78, 5) is 28.7. The topological polar surface area (TPSA) is 86.8 Å². The van der Waals surface area contributed by atoms with Crippen molar-refractivity contribution in [3.63, 3.8) is 0 Å². The van der Waals surface area contributed by atoms with E-state index in [1.54, 1.807) is 43.3 Å². The fraction of sp³-hybridized carbons (Fsp3) is 0.333. The second-order valence-corrected chi connectivity index (χ2v) is 13.5. The van der Waals surface area contributed by atoms with Crippen molar-refractivity contribution in [3.8, 4) is 0 Å². The molecule has 39 heavy (non-hydrogen) atoms. The van der Waals surface area contributed by atoms with Gasteiger partial charge in [-0.15, -0.1) is 0 Å². The highest BCUT2D eigenvalue weighted by Gasteiger charge is 2.33. The first-order chi connectivity index (χ1) is 18.2. The van der Waals surface area contributed by atoms with E-state index in [-0.39, 0.29) is 17.3 Å². The molecule has 0 heterocycles. The molecule has 0 aliphatic carbocycles. The Hall–Kier alpha value is -3.17. The Kier molecular flexibility index (Phi) is 9.61. The predicted octanol–water partition coefficient (Wildman–Crippen LogP) is 5.59. The van der Waals surface area contributed by atoms with Crippen molar-refractivity contribution in [1.29, 1.82) is 0 Å². The smallest absolute Gasteiger partial charge is 0.264 e. The summed E-state index contributed by atoms with van der Waals surface area (Å²) in [6.07, 6.45) is 0. The first kappa shape index (κ1) is 30.4. The van der Waals surface area contributed by atoms with E-state index in [1.807, 2.05) is 58.9 Å². The van der Waals surface area contributed by atoms with Crippen molar-refractivity contribution in [3.05, 3.63) is 94.0 Å². The molecule has 0 spiro atoms. The van der Waals surface area contributed by atoms with E-state index < -0.39 is 34.1 Å². The Balaban J connectivity index is 2.04. The van der Waals surface area contributed by atoms with Gasteiger partial charge in [0.15, 0.2) is 0 Å². The molecule has 1 atom stereocenters. The van der Waals surface area contributed by atoms with Gasteiger partial charge in [0.2, 0.25) is 11.8 Å². The summed E-state index contributed by atoms with van der Waals surface area (Å²) in [5, 5.41) is 2.93. The molecule has 3 aromatic carbocycles. The fourth-order valence-electron chi connectivity index (χ4n) is 4.06. The average Bonchev–Trinajstić information content (AvgIpc) is 2.84. The lowest BCUT2D eigenvalue weighted by Gasteiger charge is -2.33. The lowest BCUT2D eigenvalue weighted by Crippen LogP contribution is -2.54. The van der Waals surface area contributed by atoms with Gasteiger partial charge in [-0.25, -0.2) is 8.42 Å². The Bertz CT molecular complexity index is 1430. The van der Waals surface area contributed by atoms with Crippen LogP contribution in [0.5, 0.6) is 0 Å². The van der Waals surface area contributed by atoms with Gasteiger partial charge in [-0.05, 0) is 77.4 Å². The molecule has 0 aromatic heterocycles. The van der Waals surface area contributed by atoms with Crippen molar-refractivity contribution in [2.45, 2.75) is 64.6 Å². The minimum Gasteiger partial charge on any atom is -0.350 e. The van der Waals surface area contributed by atoms with E-state index in [9.17, 15) is 18.0 Å². The number of anilines is 1. The number of hydrogen-bond donors (Lipinski definition) is 1. The summed E-state index contributed by atoms with van der Waals surface area (Å²) < 4.78 is 29.5. The third-order valence-corrected chi connectivity index (χ3v) is 8.37. The van der Waals surface area contributed by atoms with Crippen LogP contribution in [0, 0.1) is 13.8 Å². The molecule has 0 saturated carbocycles. The number of carbonyl (C=O) groups excluding carboxylic acids is 2. The molecule has 0 unspecified atom stereocenters. The van der Waals surface area contributed by atoms with Crippen molar-refractivity contribution in [2.24, 2.45) is 0 Å². The molecule has 0 saturated heterocycles. The molecule has 7 nitrogen and oxygen atoms in total. The van der Waals surface area contributed by atoms with Gasteiger partial charge in [0.05, 0.1) is 10.6 Å². The largest absolute Gasteiger partial charge is 0.350 e. The highest BCUT2D eigenvalue weighted by atomic mass is 79.9. The summed E-state index contributed by atoms with van der Waals surface area (Å²) >= 11 is 3.41. The molecule has 0 aliphatic heterocycles. The van der Waals surface area contributed by atoms with Crippen LogP contribution >= 0.6 is 15.9 Å². The normalized spacial score (nSPS) is 12.5. The van der Waals surface area contributed by atoms with Crippen molar-refractivity contribution in [2.75, 3.05) is 10.8 Å². The number of rotatable bonds is 9. The maximum absolute atomic E-state index is 14.0. The van der Waals surface area contributed by atoms with Crippen LogP contribution in [0.2, 0.25) is 0 Å². The first-order valence-corrected chi connectivity index (χ1v) is 14.9. The molecule has 3 rings (SSSR count). The molecular formula is C30H36BrN3O4S. The number of nitrogens with one attached hydrogen (secondary N) is 1. The number of nitrogens with zero attached hydrogens (tertiary/aromatic N) is 2. The van der Waals surface area contributed by atoms with Crippen LogP contribution in [-0.2, 0) is 26.2 Å². The zero-order valence-corrected chi connectivity index (χ0v) is 25.6. The molecule has 1 N–H and O–H groups in total. The number of benzene rings is 3. The molecule has 2 amide bonds. The molecule has 208 valence electrons. The van der Waals surface area contributed by atoms with E-state index in [0.29, 0.717) is 10.2 Å². The molecule has 0 fully saturated rings. The highest BCUT2D eigenvalue weighted by Crippen LogP contribution is 2.27. The quantitative estimate of drug-likeness (QED) is 0.341. The van der Waals surface area contributed by atoms with Gasteiger partial charge in [0.25, 0.3) is 10.0 Å².